The average molecular weight is 302 g/mol. The third-order valence-electron chi connectivity index (χ3n) is 2.68. The van der Waals surface area contributed by atoms with E-state index in [9.17, 15) is 13.2 Å². The third kappa shape index (κ3) is 3.69. The van der Waals surface area contributed by atoms with Crippen molar-refractivity contribution in [2.45, 2.75) is 11.0 Å². The molecular formula is C12H18N2O5S. The summed E-state index contributed by atoms with van der Waals surface area (Å²) in [5.41, 5.74) is 0.338. The number of benzene rings is 1. The zero-order valence-corrected chi connectivity index (χ0v) is 12.3. The van der Waals surface area contributed by atoms with E-state index in [0.717, 1.165) is 4.31 Å². The summed E-state index contributed by atoms with van der Waals surface area (Å²) in [5, 5.41) is 11.7. The Morgan fingerprint density at radius 1 is 1.40 bits per heavy atom. The normalized spacial score (nSPS) is 13.2. The highest BCUT2D eigenvalue weighted by atomic mass is 32.2. The van der Waals surface area contributed by atoms with E-state index >= 15 is 0 Å². The SMILES string of the molecule is COC(CNc1ccccc1S(=O)(=O)N(C)C)C(=O)O. The second-order valence-corrected chi connectivity index (χ2v) is 6.35. The number of aliphatic carboxylic acids is 1. The Balaban J connectivity index is 3.01. The first-order valence-electron chi connectivity index (χ1n) is 5.81. The average Bonchev–Trinajstić information content (AvgIpc) is 2.39. The number of anilines is 1. The Hall–Kier alpha value is -1.64. The third-order valence-corrected chi connectivity index (χ3v) is 4.56. The fourth-order valence-electron chi connectivity index (χ4n) is 1.51. The quantitative estimate of drug-likeness (QED) is 0.759. The van der Waals surface area contributed by atoms with Gasteiger partial charge in [0.05, 0.1) is 12.2 Å². The number of sulfonamides is 1. The highest BCUT2D eigenvalue weighted by molar-refractivity contribution is 7.89. The van der Waals surface area contributed by atoms with Gasteiger partial charge in [0, 0.05) is 21.2 Å². The lowest BCUT2D eigenvalue weighted by Gasteiger charge is -2.17. The van der Waals surface area contributed by atoms with E-state index in [4.69, 9.17) is 9.84 Å². The molecule has 0 saturated carbocycles. The fraction of sp³-hybridized carbons (Fsp3) is 0.417. The van der Waals surface area contributed by atoms with Gasteiger partial charge in [-0.3, -0.25) is 0 Å². The van der Waals surface area contributed by atoms with Gasteiger partial charge in [0.15, 0.2) is 6.10 Å². The molecule has 2 N–H and O–H groups in total. The molecule has 0 saturated heterocycles. The summed E-state index contributed by atoms with van der Waals surface area (Å²) in [4.78, 5) is 10.9. The molecule has 20 heavy (non-hydrogen) atoms. The first-order chi connectivity index (χ1) is 9.30. The number of carboxylic acid groups (broad SMARTS) is 1. The maximum Gasteiger partial charge on any atom is 0.334 e. The van der Waals surface area contributed by atoms with Crippen LogP contribution in [0.15, 0.2) is 29.2 Å². The van der Waals surface area contributed by atoms with E-state index in [0.29, 0.717) is 5.69 Å². The van der Waals surface area contributed by atoms with Crippen LogP contribution in [0.5, 0.6) is 0 Å². The van der Waals surface area contributed by atoms with Crippen molar-refractivity contribution in [3.05, 3.63) is 24.3 Å². The molecule has 0 radical (unpaired) electrons. The zero-order valence-electron chi connectivity index (χ0n) is 11.5. The van der Waals surface area contributed by atoms with Crippen molar-refractivity contribution in [2.24, 2.45) is 0 Å². The number of rotatable bonds is 7. The molecule has 1 rings (SSSR count). The number of ether oxygens (including phenoxy) is 1. The smallest absolute Gasteiger partial charge is 0.334 e. The minimum Gasteiger partial charge on any atom is -0.479 e. The van der Waals surface area contributed by atoms with Gasteiger partial charge in [0.25, 0.3) is 0 Å². The molecule has 8 heteroatoms. The van der Waals surface area contributed by atoms with Crippen LogP contribution in [0, 0.1) is 0 Å². The highest BCUT2D eigenvalue weighted by Crippen LogP contribution is 2.23. The largest absolute Gasteiger partial charge is 0.479 e. The zero-order chi connectivity index (χ0) is 15.3. The molecule has 0 aliphatic carbocycles. The minimum atomic E-state index is -3.60. The Morgan fingerprint density at radius 3 is 2.50 bits per heavy atom. The van der Waals surface area contributed by atoms with Crippen molar-refractivity contribution in [3.63, 3.8) is 0 Å². The van der Waals surface area contributed by atoms with Crippen molar-refractivity contribution in [2.75, 3.05) is 33.1 Å². The number of carbonyl (C=O) groups is 1. The van der Waals surface area contributed by atoms with E-state index in [2.05, 4.69) is 5.32 Å². The monoisotopic (exact) mass is 302 g/mol. The Kier molecular flexibility index (Phi) is 5.49. The summed E-state index contributed by atoms with van der Waals surface area (Å²) in [5.74, 6) is -1.12. The topological polar surface area (TPSA) is 95.9 Å². The van der Waals surface area contributed by atoms with E-state index < -0.39 is 22.1 Å². The molecule has 1 atom stereocenters. The molecule has 0 spiro atoms. The van der Waals surface area contributed by atoms with Gasteiger partial charge in [-0.05, 0) is 12.1 Å². The lowest BCUT2D eigenvalue weighted by atomic mass is 10.3. The molecule has 0 amide bonds. The predicted molar refractivity (Wildman–Crippen MR) is 74.2 cm³/mol. The van der Waals surface area contributed by atoms with Crippen LogP contribution >= 0.6 is 0 Å². The molecular weight excluding hydrogens is 284 g/mol. The molecule has 0 aliphatic rings. The molecule has 0 aromatic heterocycles. The molecule has 1 aromatic carbocycles. The molecule has 0 aliphatic heterocycles. The maximum atomic E-state index is 12.1. The maximum absolute atomic E-state index is 12.1. The summed E-state index contributed by atoms with van der Waals surface area (Å²) in [6.07, 6.45) is -1.05. The Labute approximate surface area is 118 Å². The summed E-state index contributed by atoms with van der Waals surface area (Å²) in [6, 6.07) is 6.30. The minimum absolute atomic E-state index is 0.0359. The van der Waals surface area contributed by atoms with Crippen molar-refractivity contribution < 1.29 is 23.1 Å². The predicted octanol–water partition coefficient (Wildman–Crippen LogP) is 0.448. The van der Waals surface area contributed by atoms with E-state index in [1.165, 1.54) is 27.3 Å². The number of methoxy groups -OCH3 is 1. The van der Waals surface area contributed by atoms with Crippen LogP contribution in [-0.4, -0.2) is 57.7 Å². The Morgan fingerprint density at radius 2 is 2.00 bits per heavy atom. The summed E-state index contributed by atoms with van der Waals surface area (Å²) < 4.78 is 30.2. The first kappa shape index (κ1) is 16.4. The molecule has 0 fully saturated rings. The second-order valence-electron chi connectivity index (χ2n) is 4.23. The van der Waals surface area contributed by atoms with Crippen LogP contribution in [-0.2, 0) is 19.6 Å². The van der Waals surface area contributed by atoms with Gasteiger partial charge < -0.3 is 15.2 Å². The standard InChI is InChI=1S/C12H18N2O5S/c1-14(2)20(17,18)11-7-5-4-6-9(11)13-8-10(19-3)12(15)16/h4-7,10,13H,8H2,1-3H3,(H,15,16). The Bertz CT molecular complexity index is 571. The van der Waals surface area contributed by atoms with Crippen molar-refractivity contribution in [3.8, 4) is 0 Å². The summed E-state index contributed by atoms with van der Waals surface area (Å²) in [7, 11) is 0.545. The lowest BCUT2D eigenvalue weighted by molar-refractivity contribution is -0.147. The van der Waals surface area contributed by atoms with Gasteiger partial charge >= 0.3 is 5.97 Å². The number of hydrogen-bond donors (Lipinski definition) is 2. The number of hydrogen-bond acceptors (Lipinski definition) is 5. The number of nitrogens with zero attached hydrogens (tertiary/aromatic N) is 1. The van der Waals surface area contributed by atoms with Crippen LogP contribution in [0.3, 0.4) is 0 Å². The van der Waals surface area contributed by atoms with Crippen LogP contribution in [0.4, 0.5) is 5.69 Å². The molecule has 1 unspecified atom stereocenters. The van der Waals surface area contributed by atoms with Crippen molar-refractivity contribution in [1.82, 2.24) is 4.31 Å². The van der Waals surface area contributed by atoms with Crippen LogP contribution < -0.4 is 5.32 Å². The first-order valence-corrected chi connectivity index (χ1v) is 7.25. The number of carboxylic acids is 1. The van der Waals surface area contributed by atoms with Crippen molar-refractivity contribution >= 4 is 21.7 Å². The van der Waals surface area contributed by atoms with Gasteiger partial charge in [0.1, 0.15) is 4.90 Å². The molecule has 7 nitrogen and oxygen atoms in total. The molecule has 0 bridgehead atoms. The van der Waals surface area contributed by atoms with Crippen LogP contribution in [0.25, 0.3) is 0 Å². The molecule has 0 heterocycles. The van der Waals surface area contributed by atoms with E-state index in [1.807, 2.05) is 0 Å². The summed E-state index contributed by atoms with van der Waals surface area (Å²) >= 11 is 0. The second kappa shape index (κ2) is 6.69. The number of para-hydroxylation sites is 1. The van der Waals surface area contributed by atoms with Gasteiger partial charge in [-0.15, -0.1) is 0 Å². The lowest BCUT2D eigenvalue weighted by Crippen LogP contribution is -2.31. The van der Waals surface area contributed by atoms with Gasteiger partial charge in [-0.25, -0.2) is 17.5 Å². The van der Waals surface area contributed by atoms with E-state index in [1.54, 1.807) is 18.2 Å². The highest BCUT2D eigenvalue weighted by Gasteiger charge is 2.22. The van der Waals surface area contributed by atoms with E-state index in [-0.39, 0.29) is 11.4 Å². The van der Waals surface area contributed by atoms with Gasteiger partial charge in [-0.2, -0.15) is 0 Å². The summed E-state index contributed by atoms with van der Waals surface area (Å²) in [6.45, 7) is -0.0359. The fourth-order valence-corrected chi connectivity index (χ4v) is 2.57. The van der Waals surface area contributed by atoms with Gasteiger partial charge in [-0.1, -0.05) is 12.1 Å². The van der Waals surface area contributed by atoms with Gasteiger partial charge in [0.2, 0.25) is 10.0 Å². The van der Waals surface area contributed by atoms with Crippen LogP contribution in [0.2, 0.25) is 0 Å². The molecule has 112 valence electrons. The van der Waals surface area contributed by atoms with Crippen molar-refractivity contribution in [1.29, 1.82) is 0 Å². The number of nitrogens with one attached hydrogen (secondary N) is 1. The van der Waals surface area contributed by atoms with Crippen LogP contribution in [0.1, 0.15) is 0 Å². The molecule has 1 aromatic rings.